The maximum atomic E-state index is 6.42. The van der Waals surface area contributed by atoms with Gasteiger partial charge in [-0.3, -0.25) is 0 Å². The van der Waals surface area contributed by atoms with Gasteiger partial charge in [0.1, 0.15) is 11.2 Å². The van der Waals surface area contributed by atoms with Crippen molar-refractivity contribution in [3.63, 3.8) is 0 Å². The van der Waals surface area contributed by atoms with Crippen molar-refractivity contribution in [2.24, 2.45) is 0 Å². The minimum absolute atomic E-state index is 0.638. The Balaban J connectivity index is 0.00000168. The number of benzene rings is 5. The summed E-state index contributed by atoms with van der Waals surface area (Å²) in [5, 5.41) is 3.04. The number of hydrogen-bond donors (Lipinski definition) is 0. The average molecular weight is 572 g/mol. The molecule has 7 aromatic rings. The molecule has 0 saturated heterocycles. The van der Waals surface area contributed by atoms with Gasteiger partial charge < -0.3 is 9.32 Å². The van der Waals surface area contributed by atoms with Crippen LogP contribution in [0.25, 0.3) is 55.5 Å². The number of aromatic nitrogens is 2. The summed E-state index contributed by atoms with van der Waals surface area (Å²) >= 11 is 0. The lowest BCUT2D eigenvalue weighted by atomic mass is 10.0. The van der Waals surface area contributed by atoms with E-state index in [4.69, 9.17) is 14.4 Å². The van der Waals surface area contributed by atoms with Gasteiger partial charge in [-0.1, -0.05) is 112 Å². The van der Waals surface area contributed by atoms with Crippen molar-refractivity contribution in [1.29, 1.82) is 0 Å². The Morgan fingerprint density at radius 2 is 1.36 bits per heavy atom. The Bertz CT molecular complexity index is 2130. The molecule has 0 aliphatic rings. The standard InChI is InChI=1S/C38H27N3O.C2H6/c1-3-14-28(4-2)41(29-18-9-6-10-19-29)30-20-13-17-27(25-30)38-39-33-24-23-32-31-21-11-12-22-34(31)42-37(32)35(33)36(40-38)26-15-7-5-8-16-26;1-2/h3-25H,1-2H2;1-2H3/b28-14+;. The third-order valence-electron chi connectivity index (χ3n) is 7.39. The lowest BCUT2D eigenvalue weighted by Crippen LogP contribution is -2.15. The Hall–Kier alpha value is -5.74. The molecule has 0 radical (unpaired) electrons. The van der Waals surface area contributed by atoms with Crippen LogP contribution in [0, 0.1) is 0 Å². The van der Waals surface area contributed by atoms with E-state index in [0.717, 1.165) is 66.7 Å². The molecule has 0 atom stereocenters. The van der Waals surface area contributed by atoms with Gasteiger partial charge in [0.05, 0.1) is 16.6 Å². The average Bonchev–Trinajstić information content (AvgIpc) is 3.48. The van der Waals surface area contributed by atoms with Gasteiger partial charge in [0.15, 0.2) is 5.82 Å². The second kappa shape index (κ2) is 12.6. The maximum Gasteiger partial charge on any atom is 0.160 e. The molecular formula is C40H33N3O. The molecule has 0 N–H and O–H groups in total. The summed E-state index contributed by atoms with van der Waals surface area (Å²) < 4.78 is 6.42. The Labute approximate surface area is 257 Å². The van der Waals surface area contributed by atoms with E-state index in [0.29, 0.717) is 5.82 Å². The number of fused-ring (bicyclic) bond motifs is 5. The van der Waals surface area contributed by atoms with Crippen molar-refractivity contribution in [3.05, 3.63) is 158 Å². The lowest BCUT2D eigenvalue weighted by Gasteiger charge is -2.26. The molecule has 0 bridgehead atoms. The van der Waals surface area contributed by atoms with Crippen LogP contribution in [-0.2, 0) is 0 Å². The molecule has 5 aromatic carbocycles. The van der Waals surface area contributed by atoms with Crippen molar-refractivity contribution >= 4 is 44.2 Å². The van der Waals surface area contributed by atoms with Gasteiger partial charge in [0, 0.05) is 39.0 Å². The molecule has 214 valence electrons. The highest BCUT2D eigenvalue weighted by Crippen LogP contribution is 2.39. The van der Waals surface area contributed by atoms with Crippen LogP contribution >= 0.6 is 0 Å². The maximum absolute atomic E-state index is 6.42. The zero-order valence-electron chi connectivity index (χ0n) is 24.9. The molecule has 0 aliphatic carbocycles. The van der Waals surface area contributed by atoms with Crippen LogP contribution in [0.15, 0.2) is 163 Å². The Morgan fingerprint density at radius 1 is 0.682 bits per heavy atom. The molecular weight excluding hydrogens is 538 g/mol. The molecule has 4 heteroatoms. The minimum atomic E-state index is 0.638. The van der Waals surface area contributed by atoms with Crippen molar-refractivity contribution in [2.75, 3.05) is 4.90 Å². The predicted octanol–water partition coefficient (Wildman–Crippen LogP) is 11.3. The SMILES string of the molecule is C=C/C=C(\C=C)N(c1ccccc1)c1cccc(-c2nc(-c3ccccc3)c3c(ccc4c5ccccc5oc43)n2)c1.CC. The van der Waals surface area contributed by atoms with Crippen LogP contribution in [0.3, 0.4) is 0 Å². The number of anilines is 2. The van der Waals surface area contributed by atoms with Gasteiger partial charge in [0.25, 0.3) is 0 Å². The van der Waals surface area contributed by atoms with Crippen LogP contribution in [0.1, 0.15) is 13.8 Å². The first-order valence-electron chi connectivity index (χ1n) is 14.8. The highest BCUT2D eigenvalue weighted by molar-refractivity contribution is 6.17. The van der Waals surface area contributed by atoms with Gasteiger partial charge in [-0.15, -0.1) is 0 Å². The number of rotatable bonds is 7. The second-order valence-corrected chi connectivity index (χ2v) is 9.95. The molecule has 0 unspecified atom stereocenters. The van der Waals surface area contributed by atoms with E-state index in [1.165, 1.54) is 0 Å². The topological polar surface area (TPSA) is 42.2 Å². The molecule has 2 heterocycles. The summed E-state index contributed by atoms with van der Waals surface area (Å²) in [5.41, 5.74) is 8.10. The fourth-order valence-corrected chi connectivity index (χ4v) is 5.50. The summed E-state index contributed by atoms with van der Waals surface area (Å²) in [4.78, 5) is 12.4. The van der Waals surface area contributed by atoms with Crippen molar-refractivity contribution in [1.82, 2.24) is 9.97 Å². The van der Waals surface area contributed by atoms with E-state index in [2.05, 4.69) is 72.7 Å². The van der Waals surface area contributed by atoms with Crippen LogP contribution in [-0.4, -0.2) is 9.97 Å². The molecule has 0 saturated carbocycles. The van der Waals surface area contributed by atoms with Crippen molar-refractivity contribution < 1.29 is 4.42 Å². The molecule has 0 amide bonds. The highest BCUT2D eigenvalue weighted by atomic mass is 16.3. The predicted molar refractivity (Wildman–Crippen MR) is 186 cm³/mol. The summed E-state index contributed by atoms with van der Waals surface area (Å²) in [6.07, 6.45) is 5.56. The molecule has 0 spiro atoms. The van der Waals surface area contributed by atoms with Gasteiger partial charge in [-0.05, 0) is 54.6 Å². The quantitative estimate of drug-likeness (QED) is 0.178. The number of furan rings is 1. The monoisotopic (exact) mass is 571 g/mol. The molecule has 0 aliphatic heterocycles. The summed E-state index contributed by atoms with van der Waals surface area (Å²) in [7, 11) is 0. The Kier molecular flexibility index (Phi) is 8.15. The largest absolute Gasteiger partial charge is 0.455 e. The van der Waals surface area contributed by atoms with E-state index in [1.807, 2.05) is 92.7 Å². The number of nitrogens with zero attached hydrogens (tertiary/aromatic N) is 3. The van der Waals surface area contributed by atoms with Crippen LogP contribution < -0.4 is 4.90 Å². The first-order valence-corrected chi connectivity index (χ1v) is 14.8. The highest BCUT2D eigenvalue weighted by Gasteiger charge is 2.19. The Morgan fingerprint density at radius 3 is 2.11 bits per heavy atom. The summed E-state index contributed by atoms with van der Waals surface area (Å²) in [6, 6.07) is 41.0. The fraction of sp³-hybridized carbons (Fsp3) is 0.0500. The van der Waals surface area contributed by atoms with Crippen molar-refractivity contribution in [2.45, 2.75) is 13.8 Å². The first-order chi connectivity index (χ1) is 21.7. The van der Waals surface area contributed by atoms with Crippen molar-refractivity contribution in [3.8, 4) is 22.6 Å². The van der Waals surface area contributed by atoms with Gasteiger partial charge in [-0.25, -0.2) is 9.97 Å². The second-order valence-electron chi connectivity index (χ2n) is 9.95. The molecule has 7 rings (SSSR count). The van der Waals surface area contributed by atoms with Gasteiger partial charge >= 0.3 is 0 Å². The van der Waals surface area contributed by atoms with E-state index >= 15 is 0 Å². The first kappa shape index (κ1) is 28.4. The minimum Gasteiger partial charge on any atom is -0.455 e. The lowest BCUT2D eigenvalue weighted by molar-refractivity contribution is 0.672. The zero-order chi connectivity index (χ0) is 30.5. The number of hydrogen-bond acceptors (Lipinski definition) is 4. The summed E-state index contributed by atoms with van der Waals surface area (Å²) in [6.45, 7) is 12.0. The third kappa shape index (κ3) is 5.18. The van der Waals surface area contributed by atoms with E-state index in [-0.39, 0.29) is 0 Å². The molecule has 2 aromatic heterocycles. The summed E-state index contributed by atoms with van der Waals surface area (Å²) in [5.74, 6) is 0.638. The molecule has 44 heavy (non-hydrogen) atoms. The molecule has 4 nitrogen and oxygen atoms in total. The van der Waals surface area contributed by atoms with E-state index in [9.17, 15) is 0 Å². The normalized spacial score (nSPS) is 11.3. The van der Waals surface area contributed by atoms with Crippen LogP contribution in [0.2, 0.25) is 0 Å². The zero-order valence-corrected chi connectivity index (χ0v) is 24.9. The third-order valence-corrected chi connectivity index (χ3v) is 7.39. The molecule has 0 fully saturated rings. The van der Waals surface area contributed by atoms with Crippen LogP contribution in [0.4, 0.5) is 11.4 Å². The fourth-order valence-electron chi connectivity index (χ4n) is 5.50. The smallest absolute Gasteiger partial charge is 0.160 e. The van der Waals surface area contributed by atoms with Crippen LogP contribution in [0.5, 0.6) is 0 Å². The number of allylic oxidation sites excluding steroid dienone is 3. The van der Waals surface area contributed by atoms with Gasteiger partial charge in [0.2, 0.25) is 0 Å². The van der Waals surface area contributed by atoms with E-state index < -0.39 is 0 Å². The van der Waals surface area contributed by atoms with Gasteiger partial charge in [-0.2, -0.15) is 0 Å². The van der Waals surface area contributed by atoms with E-state index in [1.54, 1.807) is 6.08 Å². The number of para-hydroxylation sites is 2.